The molecule has 21 heavy (non-hydrogen) atoms. The highest BCUT2D eigenvalue weighted by atomic mass is 16.7. The molecule has 1 fully saturated rings. The Morgan fingerprint density at radius 2 is 1.90 bits per heavy atom. The summed E-state index contributed by atoms with van der Waals surface area (Å²) in [5.41, 5.74) is 0. The van der Waals surface area contributed by atoms with Gasteiger partial charge in [0, 0.05) is 5.92 Å². The van der Waals surface area contributed by atoms with Crippen LogP contribution in [-0.4, -0.2) is 70.1 Å². The highest BCUT2D eigenvalue weighted by Gasteiger charge is 2.43. The highest BCUT2D eigenvalue weighted by molar-refractivity contribution is 5.77. The molecule has 4 N–H and O–H groups in total. The van der Waals surface area contributed by atoms with Gasteiger partial charge in [-0.2, -0.15) is 0 Å². The summed E-state index contributed by atoms with van der Waals surface area (Å²) in [6.45, 7) is 2.98. The molecule has 6 atom stereocenters. The van der Waals surface area contributed by atoms with Gasteiger partial charge in [-0.1, -0.05) is 19.1 Å². The molecule has 7 heteroatoms. The Labute approximate surface area is 123 Å². The second-order valence-corrected chi connectivity index (χ2v) is 5.25. The number of hydrogen-bond acceptors (Lipinski definition) is 7. The number of ketones is 1. The van der Waals surface area contributed by atoms with E-state index in [0.29, 0.717) is 6.42 Å². The third-order valence-corrected chi connectivity index (χ3v) is 3.56. The molecular formula is C14H24O7. The minimum Gasteiger partial charge on any atom is -0.394 e. The van der Waals surface area contributed by atoms with Gasteiger partial charge in [0.15, 0.2) is 6.29 Å². The molecular weight excluding hydrogens is 280 g/mol. The molecule has 1 saturated heterocycles. The van der Waals surface area contributed by atoms with Gasteiger partial charge in [-0.3, -0.25) is 4.79 Å². The lowest BCUT2D eigenvalue weighted by atomic mass is 9.99. The van der Waals surface area contributed by atoms with Crippen molar-refractivity contribution in [1.29, 1.82) is 0 Å². The van der Waals surface area contributed by atoms with Gasteiger partial charge >= 0.3 is 0 Å². The first-order valence-corrected chi connectivity index (χ1v) is 6.96. The molecule has 1 aliphatic rings. The minimum atomic E-state index is -1.44. The van der Waals surface area contributed by atoms with E-state index < -0.39 is 37.3 Å². The van der Waals surface area contributed by atoms with E-state index in [2.05, 4.69) is 0 Å². The van der Waals surface area contributed by atoms with Crippen molar-refractivity contribution in [2.75, 3.05) is 13.2 Å². The molecule has 0 bridgehead atoms. The number of Topliss-reactive ketones (excluding diaryl/α,β-unsaturated/α-hetero) is 1. The number of ether oxygens (including phenoxy) is 2. The maximum atomic E-state index is 11.0. The highest BCUT2D eigenvalue weighted by Crippen LogP contribution is 2.21. The maximum absolute atomic E-state index is 11.0. The van der Waals surface area contributed by atoms with Crippen LogP contribution in [-0.2, 0) is 14.3 Å². The summed E-state index contributed by atoms with van der Waals surface area (Å²) in [5, 5.41) is 37.9. The molecule has 0 saturated carbocycles. The average molecular weight is 304 g/mol. The van der Waals surface area contributed by atoms with Crippen molar-refractivity contribution in [1.82, 2.24) is 0 Å². The number of allylic oxidation sites excluding steroid dienone is 1. The summed E-state index contributed by atoms with van der Waals surface area (Å²) in [7, 11) is 0. The lowest BCUT2D eigenvalue weighted by molar-refractivity contribution is -0.298. The van der Waals surface area contributed by atoms with Gasteiger partial charge < -0.3 is 29.9 Å². The van der Waals surface area contributed by atoms with E-state index in [1.165, 1.54) is 6.92 Å². The zero-order chi connectivity index (χ0) is 16.0. The Bertz CT molecular complexity index is 355. The lowest BCUT2D eigenvalue weighted by Crippen LogP contribution is -2.59. The van der Waals surface area contributed by atoms with Crippen LogP contribution in [0.5, 0.6) is 0 Å². The average Bonchev–Trinajstić information content (AvgIpc) is 2.46. The van der Waals surface area contributed by atoms with Gasteiger partial charge in [-0.15, -0.1) is 0 Å². The topological polar surface area (TPSA) is 116 Å². The molecule has 2 unspecified atom stereocenters. The van der Waals surface area contributed by atoms with Gasteiger partial charge in [-0.05, 0) is 13.3 Å². The van der Waals surface area contributed by atoms with Crippen molar-refractivity contribution in [3.63, 3.8) is 0 Å². The van der Waals surface area contributed by atoms with Crippen LogP contribution in [0.25, 0.3) is 0 Å². The Morgan fingerprint density at radius 1 is 1.24 bits per heavy atom. The molecule has 1 aliphatic heterocycles. The summed E-state index contributed by atoms with van der Waals surface area (Å²) < 4.78 is 10.4. The van der Waals surface area contributed by atoms with E-state index in [1.54, 1.807) is 12.2 Å². The van der Waals surface area contributed by atoms with E-state index in [-0.39, 0.29) is 18.3 Å². The van der Waals surface area contributed by atoms with E-state index in [9.17, 15) is 20.1 Å². The largest absolute Gasteiger partial charge is 0.394 e. The smallest absolute Gasteiger partial charge is 0.187 e. The van der Waals surface area contributed by atoms with Crippen LogP contribution in [0.1, 0.15) is 20.3 Å². The van der Waals surface area contributed by atoms with Crippen LogP contribution < -0.4 is 0 Å². The second-order valence-electron chi connectivity index (χ2n) is 5.25. The van der Waals surface area contributed by atoms with Gasteiger partial charge in [0.25, 0.3) is 0 Å². The van der Waals surface area contributed by atoms with Crippen molar-refractivity contribution < 1.29 is 34.7 Å². The summed E-state index contributed by atoms with van der Waals surface area (Å²) in [6.07, 6.45) is -2.28. The van der Waals surface area contributed by atoms with Gasteiger partial charge in [-0.25, -0.2) is 0 Å². The van der Waals surface area contributed by atoms with Crippen molar-refractivity contribution in [2.24, 2.45) is 5.92 Å². The van der Waals surface area contributed by atoms with Crippen molar-refractivity contribution in [2.45, 2.75) is 51.0 Å². The fourth-order valence-corrected chi connectivity index (χ4v) is 1.89. The summed E-state index contributed by atoms with van der Waals surface area (Å²) in [6, 6.07) is 0. The molecule has 0 aromatic rings. The first-order chi connectivity index (χ1) is 9.88. The van der Waals surface area contributed by atoms with Crippen LogP contribution in [0.2, 0.25) is 0 Å². The fraction of sp³-hybridized carbons (Fsp3) is 0.786. The molecule has 0 spiro atoms. The zero-order valence-corrected chi connectivity index (χ0v) is 12.3. The predicted molar refractivity (Wildman–Crippen MR) is 73.3 cm³/mol. The van der Waals surface area contributed by atoms with E-state index in [4.69, 9.17) is 14.6 Å². The third-order valence-electron chi connectivity index (χ3n) is 3.56. The molecule has 1 rings (SSSR count). The third kappa shape index (κ3) is 5.14. The molecule has 0 aliphatic carbocycles. The SMILES string of the molecule is CC(=O)[C@@H](C)CC=CCO[C@H]1OC(CO)[C@H](O)[C@H](O)C1O. The van der Waals surface area contributed by atoms with E-state index in [1.807, 2.05) is 6.92 Å². The number of aliphatic hydroxyl groups is 4. The Balaban J connectivity index is 2.40. The van der Waals surface area contributed by atoms with E-state index >= 15 is 0 Å². The summed E-state index contributed by atoms with van der Waals surface area (Å²) in [4.78, 5) is 11.0. The van der Waals surface area contributed by atoms with Gasteiger partial charge in [0.2, 0.25) is 0 Å². The first kappa shape index (κ1) is 18.2. The summed E-state index contributed by atoms with van der Waals surface area (Å²) >= 11 is 0. The van der Waals surface area contributed by atoms with Crippen LogP contribution >= 0.6 is 0 Å². The molecule has 122 valence electrons. The molecule has 0 aromatic heterocycles. The molecule has 1 heterocycles. The van der Waals surface area contributed by atoms with Crippen LogP contribution in [0.4, 0.5) is 0 Å². The van der Waals surface area contributed by atoms with Gasteiger partial charge in [0.1, 0.15) is 30.2 Å². The quantitative estimate of drug-likeness (QED) is 0.445. The normalized spacial score (nSPS) is 35.0. The van der Waals surface area contributed by atoms with E-state index in [0.717, 1.165) is 0 Å². The Kier molecular flexibility index (Phi) is 7.44. The van der Waals surface area contributed by atoms with Crippen molar-refractivity contribution in [3.8, 4) is 0 Å². The van der Waals surface area contributed by atoms with Crippen LogP contribution in [0.15, 0.2) is 12.2 Å². The predicted octanol–water partition coefficient (Wildman–Crippen LogP) is -1.03. The number of aliphatic hydroxyl groups excluding tert-OH is 4. The number of hydrogen-bond donors (Lipinski definition) is 4. The lowest BCUT2D eigenvalue weighted by Gasteiger charge is -2.39. The van der Waals surface area contributed by atoms with Crippen LogP contribution in [0, 0.1) is 5.92 Å². The molecule has 0 radical (unpaired) electrons. The minimum absolute atomic E-state index is 0.0616. The van der Waals surface area contributed by atoms with Crippen molar-refractivity contribution >= 4 is 5.78 Å². The van der Waals surface area contributed by atoms with Crippen LogP contribution in [0.3, 0.4) is 0 Å². The number of carbonyl (C=O) groups excluding carboxylic acids is 1. The van der Waals surface area contributed by atoms with Crippen molar-refractivity contribution in [3.05, 3.63) is 12.2 Å². The first-order valence-electron chi connectivity index (χ1n) is 6.96. The fourth-order valence-electron chi connectivity index (χ4n) is 1.89. The zero-order valence-electron chi connectivity index (χ0n) is 12.3. The maximum Gasteiger partial charge on any atom is 0.187 e. The number of rotatable bonds is 7. The number of carbonyl (C=O) groups is 1. The van der Waals surface area contributed by atoms with Gasteiger partial charge in [0.05, 0.1) is 13.2 Å². The molecule has 0 amide bonds. The Morgan fingerprint density at radius 3 is 2.48 bits per heavy atom. The summed E-state index contributed by atoms with van der Waals surface area (Å²) in [5.74, 6) is 0.0445. The Hall–Kier alpha value is -0.830. The second kappa shape index (κ2) is 8.57. The monoisotopic (exact) mass is 304 g/mol. The standard InChI is InChI=1S/C14H24O7/c1-8(9(2)16)5-3-4-6-20-14-13(19)12(18)11(17)10(7-15)21-14/h3-4,8,10-15,17-19H,5-7H2,1-2H3/t8-,10?,11-,12-,13?,14-/m0/s1. The molecule has 0 aromatic carbocycles. The molecule has 7 nitrogen and oxygen atoms in total.